The van der Waals surface area contributed by atoms with E-state index in [0.717, 1.165) is 12.8 Å². The van der Waals surface area contributed by atoms with Gasteiger partial charge in [0.05, 0.1) is 6.10 Å². The van der Waals surface area contributed by atoms with Gasteiger partial charge in [0.1, 0.15) is 6.10 Å². The maximum absolute atomic E-state index is 13.7. The zero-order valence-electron chi connectivity index (χ0n) is 12.1. The minimum atomic E-state index is -2.97. The normalized spacial score (nSPS) is 35.2. The van der Waals surface area contributed by atoms with E-state index in [2.05, 4.69) is 0 Å². The van der Waals surface area contributed by atoms with Crippen LogP contribution in [0.3, 0.4) is 0 Å². The average molecular weight is 292 g/mol. The fraction of sp³-hybridized carbons (Fsp3) is 1.00. The lowest BCUT2D eigenvalue weighted by Crippen LogP contribution is -2.34. The topological polar surface area (TPSA) is 49.7 Å². The Kier molecular flexibility index (Phi) is 5.37. The third-order valence-corrected chi connectivity index (χ3v) is 4.87. The Morgan fingerprint density at radius 3 is 2.80 bits per heavy atom. The van der Waals surface area contributed by atoms with Crippen LogP contribution in [0, 0.1) is 11.8 Å². The lowest BCUT2D eigenvalue weighted by atomic mass is 9.87. The molecule has 0 aromatic rings. The molecule has 1 aliphatic carbocycles. The first-order valence-electron chi connectivity index (χ1n) is 7.83. The molecule has 1 saturated carbocycles. The van der Waals surface area contributed by atoms with Crippen molar-refractivity contribution in [3.8, 4) is 0 Å². The van der Waals surface area contributed by atoms with Crippen LogP contribution in [0.1, 0.15) is 58.3 Å². The molecule has 5 heteroatoms. The lowest BCUT2D eigenvalue weighted by Gasteiger charge is -2.24. The monoisotopic (exact) mass is 292 g/mol. The summed E-state index contributed by atoms with van der Waals surface area (Å²) in [6.45, 7) is 1.87. The number of ether oxygens (including phenoxy) is 1. The summed E-state index contributed by atoms with van der Waals surface area (Å²) in [5, 5.41) is 19.2. The third-order valence-electron chi connectivity index (χ3n) is 4.87. The predicted octanol–water partition coefficient (Wildman–Crippen LogP) is 3.09. The molecule has 0 aromatic carbocycles. The predicted molar refractivity (Wildman–Crippen MR) is 71.4 cm³/mol. The van der Waals surface area contributed by atoms with Gasteiger partial charge in [0, 0.05) is 12.8 Å². The Morgan fingerprint density at radius 2 is 2.10 bits per heavy atom. The van der Waals surface area contributed by atoms with Crippen LogP contribution in [-0.4, -0.2) is 34.6 Å². The summed E-state index contributed by atoms with van der Waals surface area (Å²) >= 11 is 0. The van der Waals surface area contributed by atoms with Crippen molar-refractivity contribution in [3.63, 3.8) is 0 Å². The number of hydrogen-bond acceptors (Lipinski definition) is 3. The zero-order valence-corrected chi connectivity index (χ0v) is 12.1. The van der Waals surface area contributed by atoms with Crippen molar-refractivity contribution >= 4 is 0 Å². The number of hydrogen-bond donors (Lipinski definition) is 2. The molecule has 0 amide bonds. The lowest BCUT2D eigenvalue weighted by molar-refractivity contribution is -0.118. The fourth-order valence-electron chi connectivity index (χ4n) is 3.63. The smallest absolute Gasteiger partial charge is 0.273 e. The van der Waals surface area contributed by atoms with Crippen molar-refractivity contribution in [2.45, 2.75) is 82.7 Å². The molecule has 3 unspecified atom stereocenters. The van der Waals surface area contributed by atoms with Crippen molar-refractivity contribution in [3.05, 3.63) is 0 Å². The van der Waals surface area contributed by atoms with Crippen molar-refractivity contribution in [2.75, 3.05) is 0 Å². The fourth-order valence-corrected chi connectivity index (χ4v) is 3.63. The Hall–Kier alpha value is -0.260. The standard InChI is InChI=1S/C15H26F2O3/c1-2-3-8-15(16,17)13(18)7-5-10-4-6-12-11(10)9-14(19)20-12/h10-14,18-19H,2-9H2,1H3/t10-,11-,12?,13?,14?/m1/s1. The molecule has 0 bridgehead atoms. The van der Waals surface area contributed by atoms with Crippen molar-refractivity contribution in [2.24, 2.45) is 11.8 Å². The molecule has 0 radical (unpaired) electrons. The van der Waals surface area contributed by atoms with E-state index in [1.54, 1.807) is 0 Å². The average Bonchev–Trinajstić information content (AvgIpc) is 2.93. The molecule has 3 nitrogen and oxygen atoms in total. The van der Waals surface area contributed by atoms with Crippen LogP contribution in [0.5, 0.6) is 0 Å². The Balaban J connectivity index is 1.77. The molecule has 2 N–H and O–H groups in total. The second-order valence-corrected chi connectivity index (χ2v) is 6.32. The van der Waals surface area contributed by atoms with Gasteiger partial charge in [-0.2, -0.15) is 0 Å². The first kappa shape index (κ1) is 16.1. The van der Waals surface area contributed by atoms with Crippen LogP contribution in [0.4, 0.5) is 8.78 Å². The molecule has 1 heterocycles. The van der Waals surface area contributed by atoms with Crippen molar-refractivity contribution in [1.29, 1.82) is 0 Å². The second kappa shape index (κ2) is 6.67. The van der Waals surface area contributed by atoms with E-state index in [1.807, 2.05) is 6.92 Å². The van der Waals surface area contributed by atoms with Gasteiger partial charge in [-0.05, 0) is 43.9 Å². The van der Waals surface area contributed by atoms with Gasteiger partial charge in [0.2, 0.25) is 0 Å². The molecule has 0 aromatic heterocycles. The SMILES string of the molecule is CCCCC(F)(F)C(O)CC[C@H]1CCC2OC(O)C[C@@H]21. The minimum absolute atomic E-state index is 0.0905. The Morgan fingerprint density at radius 1 is 1.35 bits per heavy atom. The third kappa shape index (κ3) is 3.68. The van der Waals surface area contributed by atoms with Crippen LogP contribution < -0.4 is 0 Å². The molecular formula is C15H26F2O3. The number of aliphatic hydroxyl groups excluding tert-OH is 2. The number of halogens is 2. The summed E-state index contributed by atoms with van der Waals surface area (Å²) in [4.78, 5) is 0. The Bertz CT molecular complexity index is 311. The van der Waals surface area contributed by atoms with Gasteiger partial charge in [-0.15, -0.1) is 0 Å². The van der Waals surface area contributed by atoms with E-state index in [4.69, 9.17) is 4.74 Å². The summed E-state index contributed by atoms with van der Waals surface area (Å²) in [5.74, 6) is -2.39. The summed E-state index contributed by atoms with van der Waals surface area (Å²) in [6.07, 6.45) is 1.98. The highest BCUT2D eigenvalue weighted by molar-refractivity contribution is 4.91. The minimum Gasteiger partial charge on any atom is -0.387 e. The van der Waals surface area contributed by atoms with Gasteiger partial charge >= 0.3 is 0 Å². The van der Waals surface area contributed by atoms with Gasteiger partial charge < -0.3 is 14.9 Å². The quantitative estimate of drug-likeness (QED) is 0.758. The van der Waals surface area contributed by atoms with Gasteiger partial charge in [0.25, 0.3) is 5.92 Å². The maximum atomic E-state index is 13.7. The highest BCUT2D eigenvalue weighted by Gasteiger charge is 2.45. The maximum Gasteiger partial charge on any atom is 0.273 e. The van der Waals surface area contributed by atoms with Gasteiger partial charge in [-0.1, -0.05) is 13.3 Å². The summed E-state index contributed by atoms with van der Waals surface area (Å²) < 4.78 is 32.8. The summed E-state index contributed by atoms with van der Waals surface area (Å²) in [6, 6.07) is 0. The van der Waals surface area contributed by atoms with Gasteiger partial charge in [-0.3, -0.25) is 0 Å². The van der Waals surface area contributed by atoms with Crippen LogP contribution in [0.25, 0.3) is 0 Å². The van der Waals surface area contributed by atoms with Crippen LogP contribution in [0.15, 0.2) is 0 Å². The first-order valence-corrected chi connectivity index (χ1v) is 7.83. The van der Waals surface area contributed by atoms with Gasteiger partial charge in [-0.25, -0.2) is 8.78 Å². The zero-order chi connectivity index (χ0) is 14.8. The Labute approximate surface area is 119 Å². The van der Waals surface area contributed by atoms with E-state index in [-0.39, 0.29) is 24.9 Å². The highest BCUT2D eigenvalue weighted by Crippen LogP contribution is 2.45. The van der Waals surface area contributed by atoms with Crippen LogP contribution in [0.2, 0.25) is 0 Å². The molecule has 2 fully saturated rings. The molecule has 118 valence electrons. The molecule has 5 atom stereocenters. The number of fused-ring (bicyclic) bond motifs is 1. The van der Waals surface area contributed by atoms with Crippen molar-refractivity contribution in [1.82, 2.24) is 0 Å². The molecule has 0 spiro atoms. The van der Waals surface area contributed by atoms with E-state index in [9.17, 15) is 19.0 Å². The van der Waals surface area contributed by atoms with Crippen LogP contribution in [-0.2, 0) is 4.74 Å². The molecule has 1 saturated heterocycles. The number of aliphatic hydroxyl groups is 2. The number of rotatable bonds is 7. The van der Waals surface area contributed by atoms with E-state index in [0.29, 0.717) is 31.6 Å². The van der Waals surface area contributed by atoms with E-state index in [1.165, 1.54) is 0 Å². The summed E-state index contributed by atoms with van der Waals surface area (Å²) in [5.41, 5.74) is 0. The molecule has 1 aliphatic heterocycles. The van der Waals surface area contributed by atoms with E-state index < -0.39 is 18.3 Å². The molecule has 2 aliphatic rings. The van der Waals surface area contributed by atoms with Crippen LogP contribution >= 0.6 is 0 Å². The largest absolute Gasteiger partial charge is 0.387 e. The van der Waals surface area contributed by atoms with Crippen molar-refractivity contribution < 1.29 is 23.7 Å². The highest BCUT2D eigenvalue weighted by atomic mass is 19.3. The first-order chi connectivity index (χ1) is 9.44. The molecule has 20 heavy (non-hydrogen) atoms. The molecular weight excluding hydrogens is 266 g/mol. The second-order valence-electron chi connectivity index (χ2n) is 6.32. The van der Waals surface area contributed by atoms with E-state index >= 15 is 0 Å². The summed E-state index contributed by atoms with van der Waals surface area (Å²) in [7, 11) is 0. The number of alkyl halides is 2. The number of unbranched alkanes of at least 4 members (excludes halogenated alkanes) is 1. The van der Waals surface area contributed by atoms with Gasteiger partial charge in [0.15, 0.2) is 6.29 Å². The molecule has 2 rings (SSSR count).